The van der Waals surface area contributed by atoms with Gasteiger partial charge < -0.3 is 11.5 Å². The number of rotatable bonds is 4. The van der Waals surface area contributed by atoms with E-state index in [4.69, 9.17) is 11.5 Å². The molecule has 82 valence electrons. The minimum absolute atomic E-state index is 0.345. The Morgan fingerprint density at radius 1 is 1.33 bits per heavy atom. The van der Waals surface area contributed by atoms with E-state index >= 15 is 0 Å². The smallest absolute Gasteiger partial charge is 0.319 e. The van der Waals surface area contributed by atoms with Crippen molar-refractivity contribution < 1.29 is 9.18 Å². The summed E-state index contributed by atoms with van der Waals surface area (Å²) in [5, 5.41) is 0. The lowest BCUT2D eigenvalue weighted by Gasteiger charge is -2.19. The fraction of sp³-hybridized carbons (Fsp3) is 0.300. The minimum Gasteiger partial charge on any atom is -0.351 e. The van der Waals surface area contributed by atoms with Crippen LogP contribution in [0.4, 0.5) is 14.9 Å². The number of nitrogens with two attached hydrogens (primary N) is 2. The van der Waals surface area contributed by atoms with Crippen molar-refractivity contribution in [2.24, 2.45) is 11.5 Å². The van der Waals surface area contributed by atoms with E-state index in [0.29, 0.717) is 25.2 Å². The Labute approximate surface area is 87.7 Å². The number of halogens is 1. The first-order chi connectivity index (χ1) is 7.15. The second kappa shape index (κ2) is 5.31. The van der Waals surface area contributed by atoms with Crippen LogP contribution in [0.2, 0.25) is 0 Å². The Hall–Kier alpha value is -1.62. The molecule has 0 heterocycles. The maximum Gasteiger partial charge on any atom is 0.319 e. The van der Waals surface area contributed by atoms with E-state index in [1.54, 1.807) is 0 Å². The van der Waals surface area contributed by atoms with Crippen molar-refractivity contribution in [3.8, 4) is 0 Å². The molecule has 0 radical (unpaired) electrons. The van der Waals surface area contributed by atoms with Crippen LogP contribution in [-0.4, -0.2) is 19.1 Å². The van der Waals surface area contributed by atoms with Gasteiger partial charge in [-0.1, -0.05) is 0 Å². The van der Waals surface area contributed by atoms with Gasteiger partial charge in [0, 0.05) is 12.2 Å². The zero-order chi connectivity index (χ0) is 11.3. The van der Waals surface area contributed by atoms with Crippen LogP contribution in [-0.2, 0) is 0 Å². The van der Waals surface area contributed by atoms with Gasteiger partial charge in [0.15, 0.2) is 0 Å². The van der Waals surface area contributed by atoms with Gasteiger partial charge in [0.05, 0.1) is 0 Å². The Morgan fingerprint density at radius 3 is 2.40 bits per heavy atom. The van der Waals surface area contributed by atoms with E-state index in [0.717, 1.165) is 0 Å². The third kappa shape index (κ3) is 3.21. The molecule has 1 aromatic carbocycles. The molecule has 0 aliphatic rings. The normalized spacial score (nSPS) is 10.0. The van der Waals surface area contributed by atoms with Crippen molar-refractivity contribution in [2.45, 2.75) is 6.42 Å². The third-order valence-corrected chi connectivity index (χ3v) is 1.99. The lowest BCUT2D eigenvalue weighted by atomic mass is 10.2. The SMILES string of the molecule is NCCCN(C(N)=O)c1ccc(F)cc1. The molecule has 1 rings (SSSR count). The first kappa shape index (κ1) is 11.5. The lowest BCUT2D eigenvalue weighted by molar-refractivity contribution is 0.254. The van der Waals surface area contributed by atoms with Crippen molar-refractivity contribution in [2.75, 3.05) is 18.0 Å². The summed E-state index contributed by atoms with van der Waals surface area (Å²) in [7, 11) is 0. The van der Waals surface area contributed by atoms with E-state index in [9.17, 15) is 9.18 Å². The molecular weight excluding hydrogens is 197 g/mol. The molecule has 0 saturated carbocycles. The average molecular weight is 211 g/mol. The van der Waals surface area contributed by atoms with Crippen LogP contribution in [0.5, 0.6) is 0 Å². The number of nitrogens with zero attached hydrogens (tertiary/aromatic N) is 1. The highest BCUT2D eigenvalue weighted by atomic mass is 19.1. The van der Waals surface area contributed by atoms with E-state index in [1.165, 1.54) is 29.2 Å². The summed E-state index contributed by atoms with van der Waals surface area (Å²) in [6.45, 7) is 0.919. The average Bonchev–Trinajstić information content (AvgIpc) is 2.21. The number of amides is 2. The first-order valence-corrected chi connectivity index (χ1v) is 4.67. The van der Waals surface area contributed by atoms with Gasteiger partial charge in [-0.3, -0.25) is 4.90 Å². The Balaban J connectivity index is 2.79. The summed E-state index contributed by atoms with van der Waals surface area (Å²) >= 11 is 0. The molecule has 4 nitrogen and oxygen atoms in total. The molecule has 0 saturated heterocycles. The maximum absolute atomic E-state index is 12.6. The standard InChI is InChI=1S/C10H14FN3O/c11-8-2-4-9(5-3-8)14(10(13)15)7-1-6-12/h2-5H,1,6-7,12H2,(H2,13,15). The summed E-state index contributed by atoms with van der Waals surface area (Å²) in [5.74, 6) is -0.345. The Bertz CT molecular complexity index is 326. The predicted molar refractivity (Wildman–Crippen MR) is 57.0 cm³/mol. The molecule has 0 unspecified atom stereocenters. The molecule has 4 N–H and O–H groups in total. The molecule has 0 atom stereocenters. The van der Waals surface area contributed by atoms with Gasteiger partial charge in [0.25, 0.3) is 0 Å². The summed E-state index contributed by atoms with van der Waals surface area (Å²) < 4.78 is 12.6. The molecule has 2 amide bonds. The third-order valence-electron chi connectivity index (χ3n) is 1.99. The molecular formula is C10H14FN3O. The number of urea groups is 1. The number of primary amides is 1. The monoisotopic (exact) mass is 211 g/mol. The number of hydrogen-bond acceptors (Lipinski definition) is 2. The first-order valence-electron chi connectivity index (χ1n) is 4.67. The van der Waals surface area contributed by atoms with E-state index in [1.807, 2.05) is 0 Å². The summed E-state index contributed by atoms with van der Waals surface area (Å²) in [6, 6.07) is 5.03. The van der Waals surface area contributed by atoms with E-state index < -0.39 is 6.03 Å². The molecule has 0 fully saturated rings. The molecule has 0 bridgehead atoms. The highest BCUT2D eigenvalue weighted by Crippen LogP contribution is 2.14. The van der Waals surface area contributed by atoms with E-state index in [-0.39, 0.29) is 5.82 Å². The minimum atomic E-state index is -0.560. The largest absolute Gasteiger partial charge is 0.351 e. The van der Waals surface area contributed by atoms with Crippen LogP contribution in [0.15, 0.2) is 24.3 Å². The van der Waals surface area contributed by atoms with Gasteiger partial charge in [-0.2, -0.15) is 0 Å². The van der Waals surface area contributed by atoms with Crippen LogP contribution < -0.4 is 16.4 Å². The van der Waals surface area contributed by atoms with Gasteiger partial charge in [-0.25, -0.2) is 9.18 Å². The van der Waals surface area contributed by atoms with Crippen molar-refractivity contribution in [1.82, 2.24) is 0 Å². The van der Waals surface area contributed by atoms with Crippen molar-refractivity contribution >= 4 is 11.7 Å². The van der Waals surface area contributed by atoms with Crippen molar-refractivity contribution in [3.05, 3.63) is 30.1 Å². The van der Waals surface area contributed by atoms with Gasteiger partial charge >= 0.3 is 6.03 Å². The maximum atomic E-state index is 12.6. The van der Waals surface area contributed by atoms with Gasteiger partial charge in [0.1, 0.15) is 5.82 Å². The fourth-order valence-electron chi connectivity index (χ4n) is 1.24. The zero-order valence-corrected chi connectivity index (χ0v) is 8.32. The molecule has 5 heteroatoms. The van der Waals surface area contributed by atoms with Crippen LogP contribution in [0, 0.1) is 5.82 Å². The predicted octanol–water partition coefficient (Wildman–Crippen LogP) is 1.06. The molecule has 1 aromatic rings. The topological polar surface area (TPSA) is 72.3 Å². The number of carbonyl (C=O) groups excluding carboxylic acids is 1. The number of benzene rings is 1. The summed E-state index contributed by atoms with van der Waals surface area (Å²) in [6.07, 6.45) is 0.653. The van der Waals surface area contributed by atoms with Crippen LogP contribution >= 0.6 is 0 Å². The number of carbonyl (C=O) groups is 1. The van der Waals surface area contributed by atoms with E-state index in [2.05, 4.69) is 0 Å². The highest BCUT2D eigenvalue weighted by molar-refractivity contribution is 5.90. The van der Waals surface area contributed by atoms with Gasteiger partial charge in [-0.15, -0.1) is 0 Å². The second-order valence-corrected chi connectivity index (χ2v) is 3.11. The molecule has 15 heavy (non-hydrogen) atoms. The molecule has 0 aromatic heterocycles. The van der Waals surface area contributed by atoms with Crippen LogP contribution in [0.1, 0.15) is 6.42 Å². The summed E-state index contributed by atoms with van der Waals surface area (Å²) in [4.78, 5) is 12.5. The Kier molecular flexibility index (Phi) is 4.05. The molecule has 0 aliphatic heterocycles. The van der Waals surface area contributed by atoms with Crippen LogP contribution in [0.3, 0.4) is 0 Å². The van der Waals surface area contributed by atoms with Crippen LogP contribution in [0.25, 0.3) is 0 Å². The Morgan fingerprint density at radius 2 is 1.93 bits per heavy atom. The molecule has 0 aliphatic carbocycles. The zero-order valence-electron chi connectivity index (χ0n) is 8.32. The number of anilines is 1. The number of hydrogen-bond donors (Lipinski definition) is 2. The van der Waals surface area contributed by atoms with Crippen molar-refractivity contribution in [1.29, 1.82) is 0 Å². The van der Waals surface area contributed by atoms with Gasteiger partial charge in [-0.05, 0) is 37.2 Å². The summed E-state index contributed by atoms with van der Waals surface area (Å²) in [5.41, 5.74) is 11.1. The quantitative estimate of drug-likeness (QED) is 0.781. The van der Waals surface area contributed by atoms with Crippen molar-refractivity contribution in [3.63, 3.8) is 0 Å². The van der Waals surface area contributed by atoms with Gasteiger partial charge in [0.2, 0.25) is 0 Å². The highest BCUT2D eigenvalue weighted by Gasteiger charge is 2.11. The molecule has 0 spiro atoms. The lowest BCUT2D eigenvalue weighted by Crippen LogP contribution is -2.37. The second-order valence-electron chi connectivity index (χ2n) is 3.11. The fourth-order valence-corrected chi connectivity index (χ4v) is 1.24.